The van der Waals surface area contributed by atoms with Gasteiger partial charge in [0, 0.05) is 0 Å². The molecule has 118 valence electrons. The van der Waals surface area contributed by atoms with Crippen LogP contribution in [0.3, 0.4) is 0 Å². The van der Waals surface area contributed by atoms with Gasteiger partial charge in [-0.2, -0.15) is 0 Å². The number of ether oxygens (including phenoxy) is 3. The highest BCUT2D eigenvalue weighted by Gasteiger charge is 2.12. The van der Waals surface area contributed by atoms with Crippen molar-refractivity contribution in [2.75, 3.05) is 33.5 Å². The van der Waals surface area contributed by atoms with Crippen molar-refractivity contribution in [2.24, 2.45) is 0 Å². The minimum absolute atomic E-state index is 0.0972. The van der Waals surface area contributed by atoms with E-state index in [4.69, 9.17) is 24.4 Å². The van der Waals surface area contributed by atoms with Gasteiger partial charge < -0.3 is 29.5 Å². The first kappa shape index (κ1) is 17.4. The van der Waals surface area contributed by atoms with Gasteiger partial charge >= 0.3 is 5.97 Å². The van der Waals surface area contributed by atoms with E-state index in [1.807, 2.05) is 0 Å². The van der Waals surface area contributed by atoms with Crippen LogP contribution in [-0.4, -0.2) is 67.0 Å². The lowest BCUT2D eigenvalue weighted by Gasteiger charge is -2.13. The summed E-state index contributed by atoms with van der Waals surface area (Å²) < 4.78 is 14.8. The number of hydrogen-bond acceptors (Lipinski definition) is 7. The van der Waals surface area contributed by atoms with E-state index < -0.39 is 24.8 Å². The first-order valence-corrected chi connectivity index (χ1v) is 6.42. The number of carbonyl (C=O) groups is 1. The molecule has 7 heteroatoms. The lowest BCUT2D eigenvalue weighted by Crippen LogP contribution is -2.27. The molecule has 1 aromatic rings. The Morgan fingerprint density at radius 2 is 1.71 bits per heavy atom. The average Bonchev–Trinajstić information content (AvgIpc) is 2.52. The number of carbonyl (C=O) groups excluding carboxylic acids is 1. The maximum Gasteiger partial charge on any atom is 0.338 e. The van der Waals surface area contributed by atoms with Crippen LogP contribution in [0.15, 0.2) is 24.3 Å². The first-order valence-electron chi connectivity index (χ1n) is 6.42. The van der Waals surface area contributed by atoms with Crippen LogP contribution in [0, 0.1) is 0 Å². The molecular formula is C14H20O7. The van der Waals surface area contributed by atoms with E-state index >= 15 is 0 Å². The van der Waals surface area contributed by atoms with Crippen LogP contribution in [0.1, 0.15) is 10.4 Å². The third kappa shape index (κ3) is 6.54. The van der Waals surface area contributed by atoms with Gasteiger partial charge in [0.05, 0.1) is 32.5 Å². The second-order valence-corrected chi connectivity index (χ2v) is 4.35. The van der Waals surface area contributed by atoms with E-state index in [1.54, 1.807) is 24.3 Å². The average molecular weight is 300 g/mol. The maximum absolute atomic E-state index is 11.7. The van der Waals surface area contributed by atoms with Crippen LogP contribution in [0.2, 0.25) is 0 Å². The van der Waals surface area contributed by atoms with E-state index in [-0.39, 0.29) is 19.8 Å². The van der Waals surface area contributed by atoms with E-state index in [0.29, 0.717) is 11.3 Å². The minimum atomic E-state index is -1.00. The summed E-state index contributed by atoms with van der Waals surface area (Å²) >= 11 is 0. The van der Waals surface area contributed by atoms with Crippen LogP contribution in [0.5, 0.6) is 5.75 Å². The molecule has 2 unspecified atom stereocenters. The molecule has 3 N–H and O–H groups in total. The molecule has 0 amide bonds. The Morgan fingerprint density at radius 3 is 2.29 bits per heavy atom. The number of hydrogen-bond donors (Lipinski definition) is 3. The van der Waals surface area contributed by atoms with Crippen molar-refractivity contribution in [1.29, 1.82) is 0 Å². The number of aliphatic hydroxyl groups is 3. The number of aliphatic hydroxyl groups excluding tert-OH is 3. The molecule has 21 heavy (non-hydrogen) atoms. The van der Waals surface area contributed by atoms with Crippen LogP contribution in [0.4, 0.5) is 0 Å². The van der Waals surface area contributed by atoms with Crippen LogP contribution >= 0.6 is 0 Å². The number of benzene rings is 1. The molecule has 0 aromatic heterocycles. The van der Waals surface area contributed by atoms with Gasteiger partial charge in [0.1, 0.15) is 24.6 Å². The van der Waals surface area contributed by atoms with Crippen LogP contribution in [-0.2, 0) is 9.47 Å². The van der Waals surface area contributed by atoms with E-state index in [0.717, 1.165) is 0 Å². The molecule has 0 saturated heterocycles. The van der Waals surface area contributed by atoms with Gasteiger partial charge in [-0.25, -0.2) is 4.79 Å². The Kier molecular flexibility index (Phi) is 7.70. The SMILES string of the molecule is COc1ccc(C(=O)OCC(O)COCC(O)CO)cc1. The summed E-state index contributed by atoms with van der Waals surface area (Å²) in [6.45, 7) is -0.838. The van der Waals surface area contributed by atoms with E-state index in [1.165, 1.54) is 7.11 Å². The Morgan fingerprint density at radius 1 is 1.10 bits per heavy atom. The summed E-state index contributed by atoms with van der Waals surface area (Å²) in [6.07, 6.45) is -1.99. The molecule has 1 rings (SSSR count). The van der Waals surface area contributed by atoms with Crippen molar-refractivity contribution < 1.29 is 34.3 Å². The zero-order valence-corrected chi connectivity index (χ0v) is 11.8. The summed E-state index contributed by atoms with van der Waals surface area (Å²) in [5.41, 5.74) is 0.347. The highest BCUT2D eigenvalue weighted by Crippen LogP contribution is 2.12. The van der Waals surface area contributed by atoms with Gasteiger partial charge in [-0.05, 0) is 24.3 Å². The highest BCUT2D eigenvalue weighted by molar-refractivity contribution is 5.89. The van der Waals surface area contributed by atoms with Gasteiger partial charge in [-0.15, -0.1) is 0 Å². The Labute approximate surface area is 122 Å². The van der Waals surface area contributed by atoms with Gasteiger partial charge in [0.15, 0.2) is 0 Å². The van der Waals surface area contributed by atoms with Gasteiger partial charge in [-0.1, -0.05) is 0 Å². The zero-order chi connectivity index (χ0) is 15.7. The summed E-state index contributed by atoms with van der Waals surface area (Å²) in [6, 6.07) is 6.38. The minimum Gasteiger partial charge on any atom is -0.497 e. The standard InChI is InChI=1S/C14H20O7/c1-19-13-4-2-10(3-5-13)14(18)21-9-12(17)8-20-7-11(16)6-15/h2-5,11-12,15-17H,6-9H2,1H3. The molecule has 0 aliphatic rings. The lowest BCUT2D eigenvalue weighted by molar-refractivity contribution is -0.0414. The molecule has 0 aliphatic heterocycles. The van der Waals surface area contributed by atoms with Crippen LogP contribution in [0.25, 0.3) is 0 Å². The van der Waals surface area contributed by atoms with Crippen molar-refractivity contribution in [3.8, 4) is 5.75 Å². The fraction of sp³-hybridized carbons (Fsp3) is 0.500. The molecule has 0 spiro atoms. The van der Waals surface area contributed by atoms with Crippen LogP contribution < -0.4 is 4.74 Å². The second-order valence-electron chi connectivity index (χ2n) is 4.35. The monoisotopic (exact) mass is 300 g/mol. The largest absolute Gasteiger partial charge is 0.497 e. The molecule has 0 heterocycles. The Balaban J connectivity index is 2.28. The maximum atomic E-state index is 11.7. The number of rotatable bonds is 9. The molecule has 7 nitrogen and oxygen atoms in total. The molecule has 0 saturated carbocycles. The molecule has 0 aliphatic carbocycles. The van der Waals surface area contributed by atoms with Gasteiger partial charge in [0.2, 0.25) is 0 Å². The zero-order valence-electron chi connectivity index (χ0n) is 11.8. The summed E-state index contributed by atoms with van der Waals surface area (Å²) in [7, 11) is 1.53. The summed E-state index contributed by atoms with van der Waals surface area (Å²) in [5, 5.41) is 27.1. The van der Waals surface area contributed by atoms with Crippen molar-refractivity contribution in [2.45, 2.75) is 12.2 Å². The second kappa shape index (κ2) is 9.30. The Bertz CT molecular complexity index is 418. The number of esters is 1. The van der Waals surface area contributed by atoms with E-state index in [2.05, 4.69) is 0 Å². The molecule has 0 radical (unpaired) electrons. The van der Waals surface area contributed by atoms with Crippen molar-refractivity contribution >= 4 is 5.97 Å². The topological polar surface area (TPSA) is 105 Å². The third-order valence-corrected chi connectivity index (χ3v) is 2.56. The van der Waals surface area contributed by atoms with Gasteiger partial charge in [-0.3, -0.25) is 0 Å². The normalized spacial score (nSPS) is 13.5. The fourth-order valence-electron chi connectivity index (χ4n) is 1.42. The summed E-state index contributed by atoms with van der Waals surface area (Å²) in [4.78, 5) is 11.7. The molecular weight excluding hydrogens is 280 g/mol. The van der Waals surface area contributed by atoms with Crippen molar-refractivity contribution in [3.05, 3.63) is 29.8 Å². The molecule has 2 atom stereocenters. The summed E-state index contributed by atoms with van der Waals surface area (Å²) in [5.74, 6) is 0.0644. The quantitative estimate of drug-likeness (QED) is 0.532. The third-order valence-electron chi connectivity index (χ3n) is 2.56. The predicted octanol–water partition coefficient (Wildman–Crippen LogP) is -0.417. The van der Waals surface area contributed by atoms with Crippen molar-refractivity contribution in [3.63, 3.8) is 0 Å². The Hall–Kier alpha value is -1.67. The van der Waals surface area contributed by atoms with Gasteiger partial charge in [0.25, 0.3) is 0 Å². The molecule has 0 fully saturated rings. The highest BCUT2D eigenvalue weighted by atomic mass is 16.5. The number of methoxy groups -OCH3 is 1. The molecule has 1 aromatic carbocycles. The lowest BCUT2D eigenvalue weighted by atomic mass is 10.2. The first-order chi connectivity index (χ1) is 10.1. The fourth-order valence-corrected chi connectivity index (χ4v) is 1.42. The predicted molar refractivity (Wildman–Crippen MR) is 73.2 cm³/mol. The van der Waals surface area contributed by atoms with E-state index in [9.17, 15) is 9.90 Å². The molecule has 0 bridgehead atoms. The smallest absolute Gasteiger partial charge is 0.338 e. The van der Waals surface area contributed by atoms with Crippen molar-refractivity contribution in [1.82, 2.24) is 0 Å².